The van der Waals surface area contributed by atoms with Gasteiger partial charge in [0.15, 0.2) is 0 Å². The average Bonchev–Trinajstić information content (AvgIpc) is 2.99. The van der Waals surface area contributed by atoms with Crippen LogP contribution < -0.4 is 14.2 Å². The molecule has 2 bridgehead atoms. The summed E-state index contributed by atoms with van der Waals surface area (Å²) < 4.78 is 71.6. The number of benzene rings is 2. The molecule has 2 aliphatic rings. The minimum Gasteiger partial charge on any atom is -0.489 e. The number of rotatable bonds is 7. The Morgan fingerprint density at radius 3 is 2.32 bits per heavy atom. The van der Waals surface area contributed by atoms with Gasteiger partial charge in [-0.25, -0.2) is 0 Å². The van der Waals surface area contributed by atoms with Gasteiger partial charge in [-0.1, -0.05) is 36.4 Å². The van der Waals surface area contributed by atoms with Crippen LogP contribution in [0.1, 0.15) is 29.5 Å². The lowest BCUT2D eigenvalue weighted by atomic mass is 9.93. The lowest BCUT2D eigenvalue weighted by Crippen LogP contribution is -2.49. The van der Waals surface area contributed by atoms with Crippen LogP contribution in [0, 0.1) is 11.8 Å². The summed E-state index contributed by atoms with van der Waals surface area (Å²) in [5, 5.41) is 0. The van der Waals surface area contributed by atoms with Crippen LogP contribution in [0.5, 0.6) is 5.75 Å². The molecule has 0 heterocycles. The predicted octanol–water partition coefficient (Wildman–Crippen LogP) is 3.75. The monoisotopic (exact) mass is 454 g/mol. The summed E-state index contributed by atoms with van der Waals surface area (Å²) in [6, 6.07) is 15.4. The molecule has 1 fully saturated rings. The van der Waals surface area contributed by atoms with Crippen molar-refractivity contribution in [2.75, 3.05) is 6.54 Å². The summed E-state index contributed by atoms with van der Waals surface area (Å²) in [4.78, 5) is 0. The van der Waals surface area contributed by atoms with E-state index in [0.29, 0.717) is 19.4 Å². The Hall–Kier alpha value is -2.10. The van der Waals surface area contributed by atoms with E-state index in [0.717, 1.165) is 35.3 Å². The molecular formula is C22H25F3N2O3S. The number of hydrogen-bond acceptors (Lipinski definition) is 3. The van der Waals surface area contributed by atoms with E-state index < -0.39 is 22.9 Å². The summed E-state index contributed by atoms with van der Waals surface area (Å²) in [6.45, 7) is -1.12. The highest BCUT2D eigenvalue weighted by Crippen LogP contribution is 2.41. The van der Waals surface area contributed by atoms with E-state index >= 15 is 0 Å². The van der Waals surface area contributed by atoms with E-state index in [1.807, 2.05) is 48.5 Å². The largest absolute Gasteiger partial charge is 0.489 e. The first-order chi connectivity index (χ1) is 14.7. The third-order valence-corrected chi connectivity index (χ3v) is 7.17. The normalized spacial score (nSPS) is 23.3. The van der Waals surface area contributed by atoms with Crippen LogP contribution in [0.15, 0.2) is 48.5 Å². The molecule has 168 valence electrons. The molecule has 2 N–H and O–H groups in total. The van der Waals surface area contributed by atoms with Gasteiger partial charge < -0.3 is 4.74 Å². The van der Waals surface area contributed by atoms with E-state index in [2.05, 4.69) is 4.72 Å². The summed E-state index contributed by atoms with van der Waals surface area (Å²) in [5.74, 6) is 0.854. The van der Waals surface area contributed by atoms with Crippen molar-refractivity contribution in [1.29, 1.82) is 0 Å². The molecule has 31 heavy (non-hydrogen) atoms. The van der Waals surface area contributed by atoms with E-state index in [-0.39, 0.29) is 17.9 Å². The maximum Gasteiger partial charge on any atom is 0.402 e. The number of nitrogens with one attached hydrogen (secondary N) is 2. The first kappa shape index (κ1) is 22.1. The zero-order chi connectivity index (χ0) is 22.1. The van der Waals surface area contributed by atoms with Crippen LogP contribution in [-0.4, -0.2) is 27.2 Å². The van der Waals surface area contributed by atoms with Crippen LogP contribution in [-0.2, 0) is 29.7 Å². The molecule has 9 heteroatoms. The highest BCUT2D eigenvalue weighted by Gasteiger charge is 2.41. The fourth-order valence-corrected chi connectivity index (χ4v) is 5.79. The van der Waals surface area contributed by atoms with Crippen molar-refractivity contribution in [3.05, 3.63) is 65.2 Å². The van der Waals surface area contributed by atoms with Crippen molar-refractivity contribution >= 4 is 10.2 Å². The SMILES string of the molecule is O=S(=O)(NCC(F)(F)F)N[C@H]1[C@@H]2CC[C@H]1Cc1ccc(OCc3ccccc3)cc1C2. The molecule has 2 aliphatic carbocycles. The van der Waals surface area contributed by atoms with Gasteiger partial charge in [0.05, 0.1) is 0 Å². The standard InChI is InChI=1S/C22H25F3N2O3S/c23-22(24,25)14-26-31(28,29)27-21-17-6-7-18(21)11-19-12-20(9-8-16(19)10-17)30-13-15-4-2-1-3-5-15/h1-5,8-9,12,17-18,21,26-27H,6-7,10-11,13-14H2/t17-,18+,21+/m0/s1. The maximum atomic E-state index is 12.4. The van der Waals surface area contributed by atoms with Crippen molar-refractivity contribution in [2.24, 2.45) is 11.8 Å². The molecule has 2 aromatic rings. The smallest absolute Gasteiger partial charge is 0.402 e. The van der Waals surface area contributed by atoms with Gasteiger partial charge in [-0.2, -0.15) is 31.0 Å². The molecule has 4 rings (SSSR count). The fourth-order valence-electron chi connectivity index (χ4n) is 4.61. The van der Waals surface area contributed by atoms with Gasteiger partial charge in [0.25, 0.3) is 10.2 Å². The Labute approximate surface area is 180 Å². The summed E-state index contributed by atoms with van der Waals surface area (Å²) in [6.07, 6.45) is -1.55. The number of fused-ring (bicyclic) bond motifs is 3. The molecule has 3 atom stereocenters. The van der Waals surface area contributed by atoms with Gasteiger partial charge in [0.2, 0.25) is 0 Å². The number of alkyl halides is 3. The Kier molecular flexibility index (Phi) is 6.27. The summed E-state index contributed by atoms with van der Waals surface area (Å²) >= 11 is 0. The van der Waals surface area contributed by atoms with E-state index in [1.165, 1.54) is 0 Å². The molecule has 0 aliphatic heterocycles. The van der Waals surface area contributed by atoms with E-state index in [4.69, 9.17) is 4.74 Å². The topological polar surface area (TPSA) is 67.4 Å². The van der Waals surface area contributed by atoms with Crippen molar-refractivity contribution in [3.8, 4) is 5.75 Å². The summed E-state index contributed by atoms with van der Waals surface area (Å²) in [7, 11) is -4.24. The van der Waals surface area contributed by atoms with Crippen LogP contribution >= 0.6 is 0 Å². The average molecular weight is 455 g/mol. The fraction of sp³-hybridized carbons (Fsp3) is 0.455. The highest BCUT2D eigenvalue weighted by molar-refractivity contribution is 7.87. The van der Waals surface area contributed by atoms with Gasteiger partial charge >= 0.3 is 6.18 Å². The minimum atomic E-state index is -4.59. The molecule has 0 amide bonds. The maximum absolute atomic E-state index is 12.4. The molecule has 0 saturated heterocycles. The van der Waals surface area contributed by atoms with Crippen LogP contribution in [0.25, 0.3) is 0 Å². The molecule has 1 saturated carbocycles. The van der Waals surface area contributed by atoms with Gasteiger partial charge in [-0.05, 0) is 66.3 Å². The van der Waals surface area contributed by atoms with Crippen LogP contribution in [0.4, 0.5) is 13.2 Å². The van der Waals surface area contributed by atoms with E-state index in [9.17, 15) is 21.6 Å². The third kappa shape index (κ3) is 5.78. The highest BCUT2D eigenvalue weighted by atomic mass is 32.2. The molecule has 0 unspecified atom stereocenters. The lowest BCUT2D eigenvalue weighted by molar-refractivity contribution is -0.121. The van der Waals surface area contributed by atoms with Gasteiger partial charge in [0, 0.05) is 6.04 Å². The minimum absolute atomic E-state index is 0.0399. The van der Waals surface area contributed by atoms with Crippen LogP contribution in [0.2, 0.25) is 0 Å². The van der Waals surface area contributed by atoms with Crippen molar-refractivity contribution in [2.45, 2.75) is 44.5 Å². The molecule has 5 nitrogen and oxygen atoms in total. The zero-order valence-electron chi connectivity index (χ0n) is 16.9. The zero-order valence-corrected chi connectivity index (χ0v) is 17.7. The quantitative estimate of drug-likeness (QED) is 0.670. The van der Waals surface area contributed by atoms with Crippen molar-refractivity contribution in [3.63, 3.8) is 0 Å². The molecular weight excluding hydrogens is 429 g/mol. The van der Waals surface area contributed by atoms with Gasteiger partial charge in [0.1, 0.15) is 18.9 Å². The van der Waals surface area contributed by atoms with Crippen LogP contribution in [0.3, 0.4) is 0 Å². The van der Waals surface area contributed by atoms with Gasteiger partial charge in [-0.3, -0.25) is 0 Å². The summed E-state index contributed by atoms with van der Waals surface area (Å²) in [5.41, 5.74) is 3.33. The molecule has 0 aromatic heterocycles. The second-order valence-electron chi connectivity index (χ2n) is 8.29. The number of halogens is 3. The van der Waals surface area contributed by atoms with Crippen molar-refractivity contribution < 1.29 is 26.3 Å². The first-order valence-electron chi connectivity index (χ1n) is 10.3. The van der Waals surface area contributed by atoms with Crippen molar-refractivity contribution in [1.82, 2.24) is 9.44 Å². The van der Waals surface area contributed by atoms with E-state index in [1.54, 1.807) is 4.72 Å². The first-order valence-corrected chi connectivity index (χ1v) is 11.8. The predicted molar refractivity (Wildman–Crippen MR) is 111 cm³/mol. The molecule has 0 spiro atoms. The number of ether oxygens (including phenoxy) is 1. The van der Waals surface area contributed by atoms with Gasteiger partial charge in [-0.15, -0.1) is 0 Å². The lowest BCUT2D eigenvalue weighted by Gasteiger charge is -2.23. The second-order valence-corrected chi connectivity index (χ2v) is 9.83. The Morgan fingerprint density at radius 1 is 0.968 bits per heavy atom. The Morgan fingerprint density at radius 2 is 1.65 bits per heavy atom. The Bertz CT molecular complexity index is 1010. The number of hydrogen-bond donors (Lipinski definition) is 2. The molecule has 0 radical (unpaired) electrons. The third-order valence-electron chi connectivity index (χ3n) is 6.07. The second kappa shape index (κ2) is 8.80. The molecule has 2 aromatic carbocycles. The Balaban J connectivity index is 1.44.